The van der Waals surface area contributed by atoms with Crippen LogP contribution in [0.2, 0.25) is 0 Å². The van der Waals surface area contributed by atoms with Crippen molar-refractivity contribution in [1.82, 2.24) is 10.2 Å². The Labute approximate surface area is 191 Å². The Morgan fingerprint density at radius 1 is 0.970 bits per heavy atom. The van der Waals surface area contributed by atoms with Crippen LogP contribution in [0.4, 0.5) is 0 Å². The molecule has 33 heavy (non-hydrogen) atoms. The van der Waals surface area contributed by atoms with Gasteiger partial charge in [-0.15, -0.1) is 0 Å². The van der Waals surface area contributed by atoms with Crippen molar-refractivity contribution < 1.29 is 33.6 Å². The molecule has 0 spiro atoms. The van der Waals surface area contributed by atoms with Crippen molar-refractivity contribution in [2.45, 2.75) is 25.3 Å². The zero-order valence-corrected chi connectivity index (χ0v) is 18.3. The molecule has 0 saturated carbocycles. The summed E-state index contributed by atoms with van der Waals surface area (Å²) in [4.78, 5) is 27.2. The molecule has 2 aromatic rings. The summed E-state index contributed by atoms with van der Waals surface area (Å²) < 4.78 is 21.9. The monoisotopic (exact) mass is 454 g/mol. The highest BCUT2D eigenvalue weighted by Crippen LogP contribution is 2.49. The van der Waals surface area contributed by atoms with Gasteiger partial charge in [-0.05, 0) is 41.8 Å². The number of aliphatic carboxylic acids is 1. The fourth-order valence-electron chi connectivity index (χ4n) is 4.87. The third-order valence-corrected chi connectivity index (χ3v) is 6.37. The van der Waals surface area contributed by atoms with Gasteiger partial charge < -0.3 is 29.4 Å². The van der Waals surface area contributed by atoms with Gasteiger partial charge in [-0.3, -0.25) is 14.5 Å². The van der Waals surface area contributed by atoms with E-state index in [-0.39, 0.29) is 32.0 Å². The van der Waals surface area contributed by atoms with E-state index >= 15 is 0 Å². The molecule has 0 aromatic heterocycles. The van der Waals surface area contributed by atoms with Gasteiger partial charge in [0, 0.05) is 25.0 Å². The molecule has 174 valence electrons. The fraction of sp³-hybridized carbons (Fsp3) is 0.417. The van der Waals surface area contributed by atoms with Crippen molar-refractivity contribution in [2.24, 2.45) is 5.92 Å². The van der Waals surface area contributed by atoms with E-state index in [1.54, 1.807) is 6.07 Å². The molecular weight excluding hydrogens is 428 g/mol. The molecule has 2 aromatic carbocycles. The van der Waals surface area contributed by atoms with Crippen molar-refractivity contribution in [2.75, 3.05) is 33.2 Å². The van der Waals surface area contributed by atoms with E-state index in [2.05, 4.69) is 5.32 Å². The molecule has 1 saturated heterocycles. The topological polar surface area (TPSA) is 107 Å². The number of hydrogen-bond acceptors (Lipinski definition) is 7. The molecule has 1 amide bonds. The van der Waals surface area contributed by atoms with Crippen molar-refractivity contribution >= 4 is 11.9 Å². The van der Waals surface area contributed by atoms with Crippen molar-refractivity contribution in [3.05, 3.63) is 47.5 Å². The minimum absolute atomic E-state index is 0.101. The van der Waals surface area contributed by atoms with Gasteiger partial charge >= 0.3 is 5.97 Å². The number of carbonyl (C=O) groups is 2. The second-order valence-electron chi connectivity index (χ2n) is 8.42. The normalized spacial score (nSPS) is 23.0. The SMILES string of the molecule is CCCNC(=O)CN1CC(c2ccc3c(c2)OCO3)C(C(=O)O)C1c1ccc2c(c1)OCO2. The van der Waals surface area contributed by atoms with Crippen LogP contribution in [-0.4, -0.2) is 55.1 Å². The lowest BCUT2D eigenvalue weighted by Gasteiger charge is -2.27. The van der Waals surface area contributed by atoms with Crippen molar-refractivity contribution in [3.8, 4) is 23.0 Å². The number of fused-ring (bicyclic) bond motifs is 2. The van der Waals surface area contributed by atoms with Crippen molar-refractivity contribution in [3.63, 3.8) is 0 Å². The van der Waals surface area contributed by atoms with E-state index in [1.165, 1.54) is 0 Å². The average molecular weight is 454 g/mol. The maximum atomic E-state index is 12.6. The van der Waals surface area contributed by atoms with Gasteiger partial charge in [0.05, 0.1) is 12.5 Å². The van der Waals surface area contributed by atoms with Gasteiger partial charge in [0.15, 0.2) is 23.0 Å². The number of rotatable bonds is 7. The summed E-state index contributed by atoms with van der Waals surface area (Å²) >= 11 is 0. The van der Waals surface area contributed by atoms with Crippen LogP contribution < -0.4 is 24.3 Å². The molecule has 1 fully saturated rings. The van der Waals surface area contributed by atoms with Gasteiger partial charge in [-0.25, -0.2) is 0 Å². The first-order valence-electron chi connectivity index (χ1n) is 11.1. The molecule has 0 radical (unpaired) electrons. The Morgan fingerprint density at radius 3 is 2.21 bits per heavy atom. The molecule has 5 rings (SSSR count). The summed E-state index contributed by atoms with van der Waals surface area (Å²) in [5, 5.41) is 13.2. The number of nitrogens with one attached hydrogen (secondary N) is 1. The van der Waals surface area contributed by atoms with Gasteiger partial charge in [-0.2, -0.15) is 0 Å². The number of amides is 1. The smallest absolute Gasteiger partial charge is 0.309 e. The van der Waals surface area contributed by atoms with E-state index in [9.17, 15) is 14.7 Å². The van der Waals surface area contributed by atoms with Gasteiger partial charge in [0.25, 0.3) is 0 Å². The molecule has 0 bridgehead atoms. The Hall–Kier alpha value is -3.46. The predicted octanol–water partition coefficient (Wildman–Crippen LogP) is 2.51. The fourth-order valence-corrected chi connectivity index (χ4v) is 4.87. The van der Waals surface area contributed by atoms with Crippen LogP contribution in [0.5, 0.6) is 23.0 Å². The number of nitrogens with zero attached hydrogens (tertiary/aromatic N) is 1. The zero-order chi connectivity index (χ0) is 22.9. The van der Waals surface area contributed by atoms with Crippen LogP contribution in [0.3, 0.4) is 0 Å². The quantitative estimate of drug-likeness (QED) is 0.657. The third-order valence-electron chi connectivity index (χ3n) is 6.37. The predicted molar refractivity (Wildman–Crippen MR) is 117 cm³/mol. The summed E-state index contributed by atoms with van der Waals surface area (Å²) in [5.41, 5.74) is 1.62. The molecule has 0 aliphatic carbocycles. The summed E-state index contributed by atoms with van der Waals surface area (Å²) in [6, 6.07) is 10.5. The summed E-state index contributed by atoms with van der Waals surface area (Å²) in [7, 11) is 0. The first-order chi connectivity index (χ1) is 16.0. The molecule has 9 heteroatoms. The second-order valence-corrected chi connectivity index (χ2v) is 8.42. The average Bonchev–Trinajstić information content (AvgIpc) is 3.54. The number of hydrogen-bond donors (Lipinski definition) is 2. The van der Waals surface area contributed by atoms with E-state index in [4.69, 9.17) is 18.9 Å². The van der Waals surface area contributed by atoms with Gasteiger partial charge in [0.1, 0.15) is 0 Å². The standard InChI is InChI=1S/C24H26N2O7/c1-2-7-25-21(27)11-26-10-16(14-3-5-17-19(8-14)32-12-30-17)22(24(28)29)23(26)15-4-6-18-20(9-15)33-13-31-18/h3-6,8-9,16,22-23H,2,7,10-13H2,1H3,(H,25,27)(H,28,29). The number of ether oxygens (including phenoxy) is 4. The van der Waals surface area contributed by atoms with Gasteiger partial charge in [0.2, 0.25) is 19.5 Å². The Kier molecular flexibility index (Phi) is 5.72. The Bertz CT molecular complexity index is 1070. The number of carboxylic acid groups (broad SMARTS) is 1. The van der Waals surface area contributed by atoms with Crippen LogP contribution in [0.15, 0.2) is 36.4 Å². The Morgan fingerprint density at radius 2 is 1.58 bits per heavy atom. The van der Waals surface area contributed by atoms with Crippen LogP contribution in [0.25, 0.3) is 0 Å². The molecule has 3 heterocycles. The first-order valence-corrected chi connectivity index (χ1v) is 11.1. The Balaban J connectivity index is 1.51. The molecule has 2 N–H and O–H groups in total. The largest absolute Gasteiger partial charge is 0.481 e. The number of carboxylic acids is 1. The van der Waals surface area contributed by atoms with Crippen LogP contribution >= 0.6 is 0 Å². The van der Waals surface area contributed by atoms with E-state index < -0.39 is 17.9 Å². The molecule has 9 nitrogen and oxygen atoms in total. The minimum Gasteiger partial charge on any atom is -0.481 e. The lowest BCUT2D eigenvalue weighted by atomic mass is 9.82. The minimum atomic E-state index is -0.920. The van der Waals surface area contributed by atoms with Gasteiger partial charge in [-0.1, -0.05) is 19.1 Å². The molecular formula is C24H26N2O7. The molecule has 3 aliphatic heterocycles. The molecule has 3 atom stereocenters. The van der Waals surface area contributed by atoms with E-state index in [0.717, 1.165) is 17.5 Å². The highest BCUT2D eigenvalue weighted by atomic mass is 16.7. The van der Waals surface area contributed by atoms with E-state index in [1.807, 2.05) is 42.2 Å². The second kappa shape index (κ2) is 8.82. The number of carbonyl (C=O) groups excluding carboxylic acids is 1. The lowest BCUT2D eigenvalue weighted by molar-refractivity contribution is -0.143. The summed E-state index contributed by atoms with van der Waals surface area (Å²) in [6.07, 6.45) is 0.828. The maximum Gasteiger partial charge on any atom is 0.309 e. The highest BCUT2D eigenvalue weighted by Gasteiger charge is 2.48. The summed E-state index contributed by atoms with van der Waals surface area (Å²) in [6.45, 7) is 3.36. The van der Waals surface area contributed by atoms with Crippen LogP contribution in [0, 0.1) is 5.92 Å². The highest BCUT2D eigenvalue weighted by molar-refractivity contribution is 5.79. The number of likely N-dealkylation sites (tertiary alicyclic amines) is 1. The van der Waals surface area contributed by atoms with Crippen LogP contribution in [-0.2, 0) is 9.59 Å². The molecule has 3 aliphatic rings. The third kappa shape index (κ3) is 4.04. The van der Waals surface area contributed by atoms with E-state index in [0.29, 0.717) is 36.1 Å². The maximum absolute atomic E-state index is 12.6. The van der Waals surface area contributed by atoms with Crippen LogP contribution in [0.1, 0.15) is 36.4 Å². The first kappa shape index (κ1) is 21.4. The number of benzene rings is 2. The molecule has 3 unspecified atom stereocenters. The van der Waals surface area contributed by atoms with Crippen molar-refractivity contribution in [1.29, 1.82) is 0 Å². The summed E-state index contributed by atoms with van der Waals surface area (Å²) in [5.74, 6) is 0.301. The zero-order valence-electron chi connectivity index (χ0n) is 18.3. The lowest BCUT2D eigenvalue weighted by Crippen LogP contribution is -2.38.